The van der Waals surface area contributed by atoms with Crippen LogP contribution in [0.4, 0.5) is 5.69 Å². The van der Waals surface area contributed by atoms with Crippen molar-refractivity contribution in [2.24, 2.45) is 11.8 Å². The molecule has 0 aliphatic heterocycles. The molecular weight excluding hydrogens is 172 g/mol. The summed E-state index contributed by atoms with van der Waals surface area (Å²) in [5.41, 5.74) is 2.38. The van der Waals surface area contributed by atoms with Crippen LogP contribution >= 0.6 is 0 Å². The van der Waals surface area contributed by atoms with Gasteiger partial charge in [-0.05, 0) is 36.8 Å². The Hall–Kier alpha value is -1.05. The zero-order valence-corrected chi connectivity index (χ0v) is 8.96. The van der Waals surface area contributed by atoms with Gasteiger partial charge < -0.3 is 5.32 Å². The van der Waals surface area contributed by atoms with Gasteiger partial charge in [-0.3, -0.25) is 4.98 Å². The molecule has 76 valence electrons. The molecule has 2 nitrogen and oxygen atoms in total. The molecule has 0 bridgehead atoms. The Bertz CT molecular complexity index is 309. The number of hydrogen-bond acceptors (Lipinski definition) is 2. The lowest BCUT2D eigenvalue weighted by molar-refractivity contribution is 0.210. The highest BCUT2D eigenvalue weighted by molar-refractivity contribution is 5.42. The Morgan fingerprint density at radius 3 is 2.86 bits per heavy atom. The number of rotatable bonds is 3. The van der Waals surface area contributed by atoms with Crippen LogP contribution in [0.25, 0.3) is 0 Å². The van der Waals surface area contributed by atoms with Gasteiger partial charge in [0.15, 0.2) is 0 Å². The van der Waals surface area contributed by atoms with E-state index in [2.05, 4.69) is 30.2 Å². The average Bonchev–Trinajstić information content (AvgIpc) is 2.16. The number of pyridine rings is 1. The maximum atomic E-state index is 4.16. The number of hydrogen-bond donors (Lipinski definition) is 1. The molecule has 1 aromatic heterocycles. The maximum Gasteiger partial charge on any atom is 0.0529 e. The van der Waals surface area contributed by atoms with Crippen molar-refractivity contribution in [2.75, 3.05) is 11.9 Å². The van der Waals surface area contributed by atoms with Gasteiger partial charge in [-0.2, -0.15) is 0 Å². The summed E-state index contributed by atoms with van der Waals surface area (Å²) in [6.07, 6.45) is 6.57. The highest BCUT2D eigenvalue weighted by Gasteiger charge is 2.25. The van der Waals surface area contributed by atoms with E-state index < -0.39 is 0 Å². The minimum atomic E-state index is 0.871. The molecule has 2 rings (SSSR count). The Labute approximate surface area is 85.7 Å². The van der Waals surface area contributed by atoms with E-state index in [1.54, 1.807) is 0 Å². The van der Waals surface area contributed by atoms with Gasteiger partial charge in [-0.15, -0.1) is 0 Å². The van der Waals surface area contributed by atoms with E-state index in [1.807, 2.05) is 12.4 Å². The van der Waals surface area contributed by atoms with Crippen LogP contribution in [-0.4, -0.2) is 11.5 Å². The van der Waals surface area contributed by atoms with Gasteiger partial charge in [0.2, 0.25) is 0 Å². The van der Waals surface area contributed by atoms with Crippen molar-refractivity contribution < 1.29 is 0 Å². The second-order valence-corrected chi connectivity index (χ2v) is 4.45. The Kier molecular flexibility index (Phi) is 2.71. The van der Waals surface area contributed by atoms with Crippen molar-refractivity contribution in [2.45, 2.75) is 26.7 Å². The van der Waals surface area contributed by atoms with E-state index in [-0.39, 0.29) is 0 Å². The Morgan fingerprint density at radius 1 is 1.43 bits per heavy atom. The lowest BCUT2D eigenvalue weighted by atomic mass is 9.75. The normalized spacial score (nSPS) is 25.6. The molecule has 2 atom stereocenters. The highest BCUT2D eigenvalue weighted by Crippen LogP contribution is 2.33. The van der Waals surface area contributed by atoms with Crippen LogP contribution in [0, 0.1) is 18.8 Å². The molecule has 1 aliphatic rings. The van der Waals surface area contributed by atoms with Gasteiger partial charge in [-0.1, -0.05) is 13.3 Å². The van der Waals surface area contributed by atoms with Crippen LogP contribution in [0.5, 0.6) is 0 Å². The van der Waals surface area contributed by atoms with Crippen LogP contribution in [0.15, 0.2) is 18.5 Å². The summed E-state index contributed by atoms with van der Waals surface area (Å²) in [4.78, 5) is 4.16. The zero-order chi connectivity index (χ0) is 9.97. The summed E-state index contributed by atoms with van der Waals surface area (Å²) in [5.74, 6) is 1.77. The zero-order valence-electron chi connectivity index (χ0n) is 8.96. The molecule has 2 heteroatoms. The topological polar surface area (TPSA) is 24.9 Å². The fraction of sp³-hybridized carbons (Fsp3) is 0.583. The Balaban J connectivity index is 1.85. The molecule has 0 aromatic carbocycles. The van der Waals surface area contributed by atoms with Crippen molar-refractivity contribution >= 4 is 5.69 Å². The quantitative estimate of drug-likeness (QED) is 0.792. The molecule has 0 radical (unpaired) electrons. The minimum Gasteiger partial charge on any atom is -0.384 e. The first-order valence-electron chi connectivity index (χ1n) is 5.41. The van der Waals surface area contributed by atoms with E-state index in [0.717, 1.165) is 24.1 Å². The van der Waals surface area contributed by atoms with Crippen molar-refractivity contribution in [3.8, 4) is 0 Å². The molecule has 1 fully saturated rings. The lowest BCUT2D eigenvalue weighted by Crippen LogP contribution is -2.29. The second-order valence-electron chi connectivity index (χ2n) is 4.45. The second kappa shape index (κ2) is 3.99. The maximum absolute atomic E-state index is 4.16. The summed E-state index contributed by atoms with van der Waals surface area (Å²) < 4.78 is 0. The molecule has 1 aliphatic carbocycles. The fourth-order valence-corrected chi connectivity index (χ4v) is 1.94. The van der Waals surface area contributed by atoms with Gasteiger partial charge in [0.1, 0.15) is 0 Å². The average molecular weight is 190 g/mol. The number of anilines is 1. The summed E-state index contributed by atoms with van der Waals surface area (Å²) in [7, 11) is 0. The predicted molar refractivity (Wildman–Crippen MR) is 59.4 cm³/mol. The van der Waals surface area contributed by atoms with E-state index in [4.69, 9.17) is 0 Å². The van der Waals surface area contributed by atoms with Crippen molar-refractivity contribution in [1.29, 1.82) is 0 Å². The number of aromatic nitrogens is 1. The van der Waals surface area contributed by atoms with Crippen LogP contribution in [-0.2, 0) is 0 Å². The predicted octanol–water partition coefficient (Wildman–Crippen LogP) is 2.85. The fourth-order valence-electron chi connectivity index (χ4n) is 1.94. The third-order valence-corrected chi connectivity index (χ3v) is 3.24. The van der Waals surface area contributed by atoms with E-state index in [0.29, 0.717) is 0 Å². The van der Waals surface area contributed by atoms with Crippen molar-refractivity contribution in [3.05, 3.63) is 24.0 Å². The SMILES string of the molecule is Cc1cncc(NC[C@H]2CC[C@H]2C)c1. The van der Waals surface area contributed by atoms with Crippen LogP contribution < -0.4 is 5.32 Å². The van der Waals surface area contributed by atoms with Gasteiger partial charge in [0.25, 0.3) is 0 Å². The molecule has 0 saturated heterocycles. The number of aryl methyl sites for hydroxylation is 1. The summed E-state index contributed by atoms with van der Waals surface area (Å²) in [5, 5.41) is 3.46. The molecule has 1 heterocycles. The first kappa shape index (κ1) is 9.50. The van der Waals surface area contributed by atoms with Gasteiger partial charge in [-0.25, -0.2) is 0 Å². The largest absolute Gasteiger partial charge is 0.384 e. The van der Waals surface area contributed by atoms with Crippen LogP contribution in [0.1, 0.15) is 25.3 Å². The van der Waals surface area contributed by atoms with Gasteiger partial charge >= 0.3 is 0 Å². The molecule has 1 aromatic rings. The van der Waals surface area contributed by atoms with Gasteiger partial charge in [0, 0.05) is 18.9 Å². The monoisotopic (exact) mass is 190 g/mol. The molecule has 1 N–H and O–H groups in total. The van der Waals surface area contributed by atoms with E-state index >= 15 is 0 Å². The summed E-state index contributed by atoms with van der Waals surface area (Å²) in [6.45, 7) is 5.51. The highest BCUT2D eigenvalue weighted by atomic mass is 14.9. The van der Waals surface area contributed by atoms with E-state index in [1.165, 1.54) is 18.4 Å². The first-order chi connectivity index (χ1) is 6.75. The standard InChI is InChI=1S/C12H18N2/c1-9-5-12(8-13-6-9)14-7-11-4-3-10(11)2/h5-6,8,10-11,14H,3-4,7H2,1-2H3/t10-,11-/m1/s1. The molecule has 0 amide bonds. The molecule has 1 saturated carbocycles. The molecular formula is C12H18N2. The van der Waals surface area contributed by atoms with Crippen LogP contribution in [0.3, 0.4) is 0 Å². The molecule has 14 heavy (non-hydrogen) atoms. The summed E-state index contributed by atoms with van der Waals surface area (Å²) >= 11 is 0. The lowest BCUT2D eigenvalue weighted by Gasteiger charge is -2.34. The van der Waals surface area contributed by atoms with E-state index in [9.17, 15) is 0 Å². The first-order valence-corrected chi connectivity index (χ1v) is 5.41. The third kappa shape index (κ3) is 2.06. The number of nitrogens with zero attached hydrogens (tertiary/aromatic N) is 1. The minimum absolute atomic E-state index is 0.871. The smallest absolute Gasteiger partial charge is 0.0529 e. The number of nitrogens with one attached hydrogen (secondary N) is 1. The molecule has 0 unspecified atom stereocenters. The van der Waals surface area contributed by atoms with Crippen molar-refractivity contribution in [1.82, 2.24) is 4.98 Å². The van der Waals surface area contributed by atoms with Crippen LogP contribution in [0.2, 0.25) is 0 Å². The third-order valence-electron chi connectivity index (χ3n) is 3.24. The molecule has 0 spiro atoms. The summed E-state index contributed by atoms with van der Waals surface area (Å²) in [6, 6.07) is 2.15. The Morgan fingerprint density at radius 2 is 2.29 bits per heavy atom. The van der Waals surface area contributed by atoms with Gasteiger partial charge in [0.05, 0.1) is 5.69 Å². The van der Waals surface area contributed by atoms with Crippen molar-refractivity contribution in [3.63, 3.8) is 0 Å².